The van der Waals surface area contributed by atoms with Gasteiger partial charge in [0, 0.05) is 17.6 Å². The lowest BCUT2D eigenvalue weighted by Crippen LogP contribution is -1.96. The van der Waals surface area contributed by atoms with Crippen LogP contribution in [0.1, 0.15) is 29.2 Å². The van der Waals surface area contributed by atoms with Crippen LogP contribution in [0, 0.1) is 0 Å². The number of aromatic nitrogens is 1. The van der Waals surface area contributed by atoms with Crippen molar-refractivity contribution in [1.29, 1.82) is 0 Å². The van der Waals surface area contributed by atoms with Crippen LogP contribution in [0.5, 0.6) is 0 Å². The third kappa shape index (κ3) is 0.954. The van der Waals surface area contributed by atoms with E-state index < -0.39 is 0 Å². The molecular weight excluding hydrogens is 144 g/mol. The van der Waals surface area contributed by atoms with Crippen molar-refractivity contribution in [2.45, 2.75) is 25.3 Å². The zero-order chi connectivity index (χ0) is 6.97. The van der Waals surface area contributed by atoms with Crippen molar-refractivity contribution in [2.24, 2.45) is 5.73 Å². The molecule has 0 unspecified atom stereocenters. The minimum atomic E-state index is 0.655. The largest absolute Gasteiger partial charge is 0.326 e. The zero-order valence-electron chi connectivity index (χ0n) is 5.71. The molecule has 1 aliphatic carbocycles. The highest BCUT2D eigenvalue weighted by atomic mass is 32.1. The van der Waals surface area contributed by atoms with Gasteiger partial charge in [0.05, 0.1) is 0 Å². The number of hydrogen-bond donors (Lipinski definition) is 1. The van der Waals surface area contributed by atoms with Crippen LogP contribution in [-0.4, -0.2) is 4.37 Å². The van der Waals surface area contributed by atoms with E-state index in [-0.39, 0.29) is 0 Å². The van der Waals surface area contributed by atoms with Gasteiger partial charge in [0.15, 0.2) is 0 Å². The summed E-state index contributed by atoms with van der Waals surface area (Å²) in [6.45, 7) is 0.655. The standard InChI is InChI=1S/C7H10N2S/c8-3-6-4-9-10-7(6)5-1-2-5/h4-5H,1-3,8H2. The maximum Gasteiger partial charge on any atom is 0.0454 e. The van der Waals surface area contributed by atoms with Gasteiger partial charge in [-0.15, -0.1) is 0 Å². The second kappa shape index (κ2) is 2.32. The fourth-order valence-corrected chi connectivity index (χ4v) is 2.04. The Bertz CT molecular complexity index is 227. The minimum Gasteiger partial charge on any atom is -0.326 e. The van der Waals surface area contributed by atoms with Gasteiger partial charge in [0.2, 0.25) is 0 Å². The lowest BCUT2D eigenvalue weighted by atomic mass is 10.2. The average molecular weight is 154 g/mol. The van der Waals surface area contributed by atoms with Crippen molar-refractivity contribution < 1.29 is 0 Å². The van der Waals surface area contributed by atoms with Gasteiger partial charge in [0.1, 0.15) is 0 Å². The molecule has 0 aromatic carbocycles. The molecule has 0 radical (unpaired) electrons. The predicted octanol–water partition coefficient (Wildman–Crippen LogP) is 1.48. The van der Waals surface area contributed by atoms with Gasteiger partial charge in [-0.1, -0.05) is 0 Å². The highest BCUT2D eigenvalue weighted by molar-refractivity contribution is 7.06. The molecule has 1 aliphatic rings. The summed E-state index contributed by atoms with van der Waals surface area (Å²) in [4.78, 5) is 1.43. The van der Waals surface area contributed by atoms with Gasteiger partial charge >= 0.3 is 0 Å². The van der Waals surface area contributed by atoms with E-state index in [1.165, 1.54) is 23.3 Å². The molecule has 0 aliphatic heterocycles. The molecule has 2 nitrogen and oxygen atoms in total. The lowest BCUT2D eigenvalue weighted by molar-refractivity contribution is 1.02. The first kappa shape index (κ1) is 6.31. The maximum atomic E-state index is 5.53. The highest BCUT2D eigenvalue weighted by Crippen LogP contribution is 2.43. The molecule has 10 heavy (non-hydrogen) atoms. The van der Waals surface area contributed by atoms with Crippen LogP contribution in [0.15, 0.2) is 6.20 Å². The van der Waals surface area contributed by atoms with Crippen molar-refractivity contribution in [3.8, 4) is 0 Å². The van der Waals surface area contributed by atoms with Crippen LogP contribution < -0.4 is 5.73 Å². The van der Waals surface area contributed by atoms with Crippen LogP contribution in [-0.2, 0) is 6.54 Å². The Hall–Kier alpha value is -0.410. The number of rotatable bonds is 2. The smallest absolute Gasteiger partial charge is 0.0454 e. The third-order valence-electron chi connectivity index (χ3n) is 1.84. The Labute approximate surface area is 64.2 Å². The van der Waals surface area contributed by atoms with Crippen molar-refractivity contribution in [3.05, 3.63) is 16.6 Å². The van der Waals surface area contributed by atoms with Crippen molar-refractivity contribution >= 4 is 11.5 Å². The molecule has 1 aromatic heterocycles. The van der Waals surface area contributed by atoms with E-state index in [2.05, 4.69) is 4.37 Å². The summed E-state index contributed by atoms with van der Waals surface area (Å²) in [5.41, 5.74) is 6.78. The number of nitrogens with two attached hydrogens (primary N) is 1. The Balaban J connectivity index is 2.28. The summed E-state index contributed by atoms with van der Waals surface area (Å²) in [6.07, 6.45) is 4.59. The normalized spacial score (nSPS) is 17.7. The summed E-state index contributed by atoms with van der Waals surface area (Å²) in [5, 5.41) is 0. The fourth-order valence-electron chi connectivity index (χ4n) is 1.10. The monoisotopic (exact) mass is 154 g/mol. The fraction of sp³-hybridized carbons (Fsp3) is 0.571. The van der Waals surface area contributed by atoms with Gasteiger partial charge in [0.25, 0.3) is 0 Å². The topological polar surface area (TPSA) is 38.9 Å². The van der Waals surface area contributed by atoms with Crippen LogP contribution in [0.2, 0.25) is 0 Å². The Morgan fingerprint density at radius 3 is 3.10 bits per heavy atom. The van der Waals surface area contributed by atoms with Gasteiger partial charge in [-0.3, -0.25) is 0 Å². The second-order valence-electron chi connectivity index (χ2n) is 2.69. The molecule has 0 spiro atoms. The van der Waals surface area contributed by atoms with E-state index >= 15 is 0 Å². The summed E-state index contributed by atoms with van der Waals surface area (Å²) >= 11 is 1.61. The minimum absolute atomic E-state index is 0.655. The molecular formula is C7H10N2S. The molecule has 3 heteroatoms. The third-order valence-corrected chi connectivity index (χ3v) is 2.85. The van der Waals surface area contributed by atoms with E-state index in [9.17, 15) is 0 Å². The molecule has 0 saturated heterocycles. The summed E-state index contributed by atoms with van der Waals surface area (Å²) in [5.74, 6) is 0.811. The van der Waals surface area contributed by atoms with Crippen LogP contribution >= 0.6 is 11.5 Å². The van der Waals surface area contributed by atoms with Crippen molar-refractivity contribution in [2.75, 3.05) is 0 Å². The molecule has 1 aromatic rings. The van der Waals surface area contributed by atoms with Crippen LogP contribution in [0.4, 0.5) is 0 Å². The average Bonchev–Trinajstić information content (AvgIpc) is 2.69. The highest BCUT2D eigenvalue weighted by Gasteiger charge is 2.27. The van der Waals surface area contributed by atoms with Crippen LogP contribution in [0.3, 0.4) is 0 Å². The molecule has 2 rings (SSSR count). The zero-order valence-corrected chi connectivity index (χ0v) is 6.53. The number of nitrogens with zero attached hydrogens (tertiary/aromatic N) is 1. The first-order valence-corrected chi connectivity index (χ1v) is 4.32. The quantitative estimate of drug-likeness (QED) is 0.700. The van der Waals surface area contributed by atoms with Gasteiger partial charge in [-0.2, -0.15) is 0 Å². The molecule has 2 N–H and O–H groups in total. The van der Waals surface area contributed by atoms with E-state index in [1.807, 2.05) is 6.20 Å². The Morgan fingerprint density at radius 2 is 2.50 bits per heavy atom. The van der Waals surface area contributed by atoms with Crippen molar-refractivity contribution in [1.82, 2.24) is 4.37 Å². The summed E-state index contributed by atoms with van der Waals surface area (Å²) in [6, 6.07) is 0. The molecule has 0 atom stereocenters. The molecule has 0 amide bonds. The maximum absolute atomic E-state index is 5.53. The Kier molecular flexibility index (Phi) is 1.47. The second-order valence-corrected chi connectivity index (χ2v) is 3.53. The Morgan fingerprint density at radius 1 is 1.70 bits per heavy atom. The number of hydrogen-bond acceptors (Lipinski definition) is 3. The van der Waals surface area contributed by atoms with Gasteiger partial charge < -0.3 is 5.73 Å². The van der Waals surface area contributed by atoms with E-state index in [4.69, 9.17) is 5.73 Å². The van der Waals surface area contributed by atoms with E-state index in [0.29, 0.717) is 6.54 Å². The van der Waals surface area contributed by atoms with Gasteiger partial charge in [-0.25, -0.2) is 4.37 Å². The van der Waals surface area contributed by atoms with E-state index in [1.54, 1.807) is 11.5 Å². The molecule has 1 heterocycles. The SMILES string of the molecule is NCc1cnsc1C1CC1. The molecule has 54 valence electrons. The van der Waals surface area contributed by atoms with Gasteiger partial charge in [-0.05, 0) is 35.9 Å². The lowest BCUT2D eigenvalue weighted by Gasteiger charge is -1.93. The van der Waals surface area contributed by atoms with Crippen molar-refractivity contribution in [3.63, 3.8) is 0 Å². The first-order valence-electron chi connectivity index (χ1n) is 3.55. The van der Waals surface area contributed by atoms with E-state index in [0.717, 1.165) is 5.92 Å². The summed E-state index contributed by atoms with van der Waals surface area (Å²) < 4.78 is 4.12. The summed E-state index contributed by atoms with van der Waals surface area (Å²) in [7, 11) is 0. The molecule has 0 bridgehead atoms. The predicted molar refractivity (Wildman–Crippen MR) is 42.0 cm³/mol. The van der Waals surface area contributed by atoms with Crippen LogP contribution in [0.25, 0.3) is 0 Å². The molecule has 1 fully saturated rings. The first-order chi connectivity index (χ1) is 4.92. The molecule has 1 saturated carbocycles.